The number of carbonyl (C=O) groups excluding carboxylic acids is 1. The first-order chi connectivity index (χ1) is 28.4. The number of non-ortho nitro benzene ring substituents is 1. The van der Waals surface area contributed by atoms with Crippen LogP contribution in [0.15, 0.2) is 71.9 Å². The average Bonchev–Trinajstić information content (AvgIpc) is 4.05. The topological polar surface area (TPSA) is 165 Å². The second-order valence-electron chi connectivity index (χ2n) is 17.4. The van der Waals surface area contributed by atoms with E-state index in [1.165, 1.54) is 12.1 Å². The van der Waals surface area contributed by atoms with Gasteiger partial charge in [0.25, 0.3) is 5.69 Å². The first-order valence-corrected chi connectivity index (χ1v) is 21.1. The average molecular weight is 819 g/mol. The quantitative estimate of drug-likeness (QED) is 0.0429. The van der Waals surface area contributed by atoms with Crippen LogP contribution >= 0.6 is 0 Å². The number of rotatable bonds is 21. The van der Waals surface area contributed by atoms with E-state index in [4.69, 9.17) is 28.9 Å². The van der Waals surface area contributed by atoms with Crippen LogP contribution in [-0.4, -0.2) is 108 Å². The predicted octanol–water partition coefficient (Wildman–Crippen LogP) is 7.24. The highest BCUT2D eigenvalue weighted by Gasteiger charge is 2.65. The van der Waals surface area contributed by atoms with E-state index in [0.717, 1.165) is 62.2 Å². The molecule has 2 heterocycles. The van der Waals surface area contributed by atoms with Crippen LogP contribution in [0.2, 0.25) is 0 Å². The van der Waals surface area contributed by atoms with Gasteiger partial charge < -0.3 is 38.9 Å². The number of carbonyl (C=O) groups is 1. The van der Waals surface area contributed by atoms with Crippen LogP contribution in [0.5, 0.6) is 11.5 Å². The van der Waals surface area contributed by atoms with Crippen molar-refractivity contribution in [2.75, 3.05) is 59.7 Å². The van der Waals surface area contributed by atoms with Gasteiger partial charge in [-0.1, -0.05) is 50.9 Å². The number of aliphatic hydroxyl groups is 2. The SMILES string of the molecule is C=CCO[C@@]12Oc3ccc(OCCN4CC4)cc3[C@H]3[C@H](CCCCO)[C@@H](CCCCO)C=C(C(=NOCc4ccc([N+](=O)[O-])cc4)C[C@@H]1N(C)C(=O)OCC(C)(C)C)[C@H]32. The lowest BCUT2D eigenvalue weighted by atomic mass is 9.55. The summed E-state index contributed by atoms with van der Waals surface area (Å²) >= 11 is 0. The molecule has 14 heteroatoms. The fourth-order valence-electron chi connectivity index (χ4n) is 8.81. The largest absolute Gasteiger partial charge is 0.492 e. The lowest BCUT2D eigenvalue weighted by molar-refractivity contribution is -0.384. The number of allylic oxidation sites excluding steroid dienone is 1. The van der Waals surface area contributed by atoms with Crippen LogP contribution in [0.3, 0.4) is 0 Å². The molecular formula is C45H62N4O10. The number of hydrogen-bond donors (Lipinski definition) is 2. The number of likely N-dealkylation sites (N-methyl/N-ethyl adjacent to an activating group) is 1. The van der Waals surface area contributed by atoms with E-state index in [0.29, 0.717) is 36.5 Å². The number of ether oxygens (including phenoxy) is 4. The number of hydrogen-bond acceptors (Lipinski definition) is 12. The molecule has 0 unspecified atom stereocenters. The molecular weight excluding hydrogens is 757 g/mol. The molecule has 59 heavy (non-hydrogen) atoms. The number of nitrogens with zero attached hydrogens (tertiary/aromatic N) is 4. The Kier molecular flexibility index (Phi) is 14.7. The summed E-state index contributed by atoms with van der Waals surface area (Å²) in [7, 11) is 1.71. The highest BCUT2D eigenvalue weighted by molar-refractivity contribution is 6.02. The minimum atomic E-state index is -1.41. The predicted molar refractivity (Wildman–Crippen MR) is 223 cm³/mol. The Morgan fingerprint density at radius 2 is 1.83 bits per heavy atom. The van der Waals surface area contributed by atoms with Crippen molar-refractivity contribution in [2.24, 2.45) is 28.3 Å². The zero-order valence-corrected chi connectivity index (χ0v) is 35.1. The Balaban J connectivity index is 1.50. The van der Waals surface area contributed by atoms with Crippen molar-refractivity contribution in [3.63, 3.8) is 0 Å². The van der Waals surface area contributed by atoms with Crippen molar-refractivity contribution >= 4 is 17.5 Å². The van der Waals surface area contributed by atoms with Gasteiger partial charge in [0.1, 0.15) is 30.8 Å². The fourth-order valence-corrected chi connectivity index (χ4v) is 8.81. The Bertz CT molecular complexity index is 1820. The highest BCUT2D eigenvalue weighted by Crippen LogP contribution is 2.61. The third kappa shape index (κ3) is 10.6. The van der Waals surface area contributed by atoms with Crippen molar-refractivity contribution in [2.45, 2.75) is 90.1 Å². The Hall–Kier alpha value is -4.50. The molecule has 322 valence electrons. The summed E-state index contributed by atoms with van der Waals surface area (Å²) in [5.41, 5.74) is 2.94. The molecule has 0 radical (unpaired) electrons. The molecule has 1 amide bonds. The molecule has 2 N–H and O–H groups in total. The van der Waals surface area contributed by atoms with Crippen molar-refractivity contribution in [1.82, 2.24) is 9.80 Å². The van der Waals surface area contributed by atoms with E-state index < -0.39 is 28.8 Å². The maximum atomic E-state index is 14.1. The molecule has 1 saturated heterocycles. The molecule has 1 saturated carbocycles. The summed E-state index contributed by atoms with van der Waals surface area (Å²) in [5.74, 6) is -0.558. The number of oxime groups is 1. The first kappa shape index (κ1) is 44.1. The van der Waals surface area contributed by atoms with Gasteiger partial charge in [-0.25, -0.2) is 4.79 Å². The van der Waals surface area contributed by atoms with Crippen molar-refractivity contribution in [1.29, 1.82) is 0 Å². The van der Waals surface area contributed by atoms with Crippen molar-refractivity contribution in [3.05, 3.63) is 88.0 Å². The van der Waals surface area contributed by atoms with Crippen molar-refractivity contribution in [3.8, 4) is 11.5 Å². The van der Waals surface area contributed by atoms with E-state index in [1.54, 1.807) is 30.2 Å². The number of unbranched alkanes of at least 4 members (excludes halogenated alkanes) is 2. The van der Waals surface area contributed by atoms with Crippen molar-refractivity contribution < 1.29 is 43.7 Å². The number of nitro benzene ring substituents is 1. The normalized spacial score (nSPS) is 25.2. The summed E-state index contributed by atoms with van der Waals surface area (Å²) in [6.45, 7) is 14.2. The zero-order chi connectivity index (χ0) is 42.2. The molecule has 2 aromatic rings. The standard InChI is InChI=1S/C45H62N4O10/c1-6-24-57-45-40(47(5)43(52)56-30-44(2,3)4)28-38(46-58-29-31-13-15-33(16-14-31)49(53)54)36-26-32(11-7-9-22-50)35(12-8-10-23-51)41(42(36)45)37-27-34(17-18-39(37)59-45)55-25-21-48-19-20-48/h6,13-18,26-27,32,35,40-42,50-51H,1,7-12,19-25,28-30H2,2-5H3/t32-,35+,40-,41+,42+,45+/m0/s1. The molecule has 0 bridgehead atoms. The number of aliphatic hydroxyl groups excluding tert-OH is 2. The second kappa shape index (κ2) is 19.7. The molecule has 14 nitrogen and oxygen atoms in total. The first-order valence-electron chi connectivity index (χ1n) is 21.1. The van der Waals surface area contributed by atoms with Gasteiger partial charge in [0.2, 0.25) is 5.79 Å². The summed E-state index contributed by atoms with van der Waals surface area (Å²) in [4.78, 5) is 34.9. The Labute approximate surface area is 347 Å². The minimum absolute atomic E-state index is 0.0153. The molecule has 0 spiro atoms. The minimum Gasteiger partial charge on any atom is -0.492 e. The van der Waals surface area contributed by atoms with Crippen LogP contribution in [0, 0.1) is 33.3 Å². The van der Waals surface area contributed by atoms with Gasteiger partial charge in [-0.3, -0.25) is 15.0 Å². The van der Waals surface area contributed by atoms with E-state index in [1.807, 2.05) is 32.9 Å². The van der Waals surface area contributed by atoms with E-state index in [9.17, 15) is 25.1 Å². The monoisotopic (exact) mass is 818 g/mol. The van der Waals surface area contributed by atoms with Gasteiger partial charge in [0.05, 0.1) is 29.8 Å². The number of fused-ring (bicyclic) bond motifs is 2. The molecule has 0 aromatic heterocycles. The van der Waals surface area contributed by atoms with Crippen LogP contribution in [-0.2, 0) is 20.9 Å². The van der Waals surface area contributed by atoms with Gasteiger partial charge in [-0.15, -0.1) is 6.58 Å². The van der Waals surface area contributed by atoms with Crippen LogP contribution in [0.4, 0.5) is 10.5 Å². The Morgan fingerprint density at radius 3 is 2.49 bits per heavy atom. The third-order valence-electron chi connectivity index (χ3n) is 11.8. The summed E-state index contributed by atoms with van der Waals surface area (Å²) in [6.07, 6.45) is 8.22. The lowest BCUT2D eigenvalue weighted by Gasteiger charge is -2.59. The van der Waals surface area contributed by atoms with Gasteiger partial charge in [0.15, 0.2) is 0 Å². The molecule has 2 fully saturated rings. The molecule has 6 atom stereocenters. The number of benzene rings is 2. The zero-order valence-electron chi connectivity index (χ0n) is 35.1. The van der Waals surface area contributed by atoms with Gasteiger partial charge >= 0.3 is 6.09 Å². The van der Waals surface area contributed by atoms with E-state index in [-0.39, 0.29) is 68.3 Å². The molecule has 2 aliphatic carbocycles. The molecule has 4 aliphatic rings. The summed E-state index contributed by atoms with van der Waals surface area (Å²) < 4.78 is 26.4. The van der Waals surface area contributed by atoms with Gasteiger partial charge in [0, 0.05) is 69.9 Å². The summed E-state index contributed by atoms with van der Waals surface area (Å²) in [6, 6.07) is 11.4. The molecule has 2 aliphatic heterocycles. The number of nitro groups is 1. The van der Waals surface area contributed by atoms with E-state index in [2.05, 4.69) is 23.6 Å². The fraction of sp³-hybridized carbons (Fsp3) is 0.600. The third-order valence-corrected chi connectivity index (χ3v) is 11.8. The summed E-state index contributed by atoms with van der Waals surface area (Å²) in [5, 5.41) is 35.8. The maximum absolute atomic E-state index is 14.1. The maximum Gasteiger partial charge on any atom is 0.410 e. The molecule has 6 rings (SSSR count). The molecule has 2 aromatic carbocycles. The smallest absolute Gasteiger partial charge is 0.410 e. The lowest BCUT2D eigenvalue weighted by Crippen LogP contribution is -2.69. The van der Waals surface area contributed by atoms with Gasteiger partial charge in [-0.2, -0.15) is 0 Å². The van der Waals surface area contributed by atoms with Gasteiger partial charge in [-0.05, 0) is 84.4 Å². The van der Waals surface area contributed by atoms with Crippen LogP contribution in [0.1, 0.15) is 82.8 Å². The Morgan fingerprint density at radius 1 is 1.10 bits per heavy atom. The highest BCUT2D eigenvalue weighted by atomic mass is 16.7. The van der Waals surface area contributed by atoms with E-state index >= 15 is 0 Å². The van der Waals surface area contributed by atoms with Crippen LogP contribution < -0.4 is 9.47 Å². The van der Waals surface area contributed by atoms with Crippen LogP contribution in [0.25, 0.3) is 0 Å². The number of amides is 1. The second-order valence-corrected chi connectivity index (χ2v) is 17.4.